The molecule has 0 heterocycles. The van der Waals surface area contributed by atoms with E-state index in [0.717, 1.165) is 11.0 Å². The Morgan fingerprint density at radius 2 is 1.43 bits per heavy atom. The summed E-state index contributed by atoms with van der Waals surface area (Å²) in [5, 5.41) is 0. The quantitative estimate of drug-likeness (QED) is 0.649. The molecule has 0 saturated carbocycles. The van der Waals surface area contributed by atoms with E-state index < -0.39 is 0 Å². The number of quaternary nitrogens is 1. The molecule has 0 atom stereocenters. The Bertz CT molecular complexity index is 219. The Morgan fingerprint density at radius 3 is 1.79 bits per heavy atom. The van der Waals surface area contributed by atoms with Crippen LogP contribution in [-0.4, -0.2) is 25.6 Å². The van der Waals surface area contributed by atoms with Crippen molar-refractivity contribution in [3.8, 4) is 0 Å². The van der Waals surface area contributed by atoms with Gasteiger partial charge in [-0.2, -0.15) is 0 Å². The van der Waals surface area contributed by atoms with Crippen LogP contribution >= 0.6 is 28.3 Å². The number of hydrogen-bond acceptors (Lipinski definition) is 0. The van der Waals surface area contributed by atoms with Crippen molar-refractivity contribution in [1.29, 1.82) is 0 Å². The van der Waals surface area contributed by atoms with E-state index in [-0.39, 0.29) is 17.0 Å². The summed E-state index contributed by atoms with van der Waals surface area (Å²) in [5.74, 6) is 0. The first-order valence-electron chi connectivity index (χ1n) is 4.06. The minimum atomic E-state index is 0. The van der Waals surface area contributed by atoms with Crippen LogP contribution in [0.1, 0.15) is 5.56 Å². The molecule has 1 nitrogen and oxygen atoms in total. The average molecular weight is 390 g/mol. The maximum Gasteiger partial charge on any atom is 0.104 e. The third-order valence-electron chi connectivity index (χ3n) is 1.50. The van der Waals surface area contributed by atoms with Gasteiger partial charge in [0.25, 0.3) is 0 Å². The fourth-order valence-electron chi connectivity index (χ4n) is 1.13. The molecule has 1 rings (SSSR count). The van der Waals surface area contributed by atoms with E-state index in [9.17, 15) is 0 Å². The largest absolute Gasteiger partial charge is 1.00 e. The molecule has 14 heavy (non-hydrogen) atoms. The number of hydrogen-bond donors (Lipinski definition) is 0. The maximum absolute atomic E-state index is 2.75. The molecule has 0 amide bonds. The third-order valence-corrected chi connectivity index (χ3v) is 1.50. The predicted octanol–water partition coefficient (Wildman–Crippen LogP) is 0.588. The molecule has 0 saturated heterocycles. The van der Waals surface area contributed by atoms with Crippen LogP contribution in [0.5, 0.6) is 0 Å². The first-order chi connectivity index (χ1) is 6.08. The minimum Gasteiger partial charge on any atom is -1.00 e. The van der Waals surface area contributed by atoms with Crippen molar-refractivity contribution in [2.75, 3.05) is 21.1 Å². The zero-order valence-corrected chi connectivity index (χ0v) is 13.4. The molecule has 0 fully saturated rings. The van der Waals surface area contributed by atoms with Crippen molar-refractivity contribution in [3.63, 3.8) is 0 Å². The van der Waals surface area contributed by atoms with Gasteiger partial charge in [-0.05, 0) is 0 Å². The molecule has 1 aromatic carbocycles. The number of halogens is 3. The van der Waals surface area contributed by atoms with Crippen LogP contribution < -0.4 is 17.0 Å². The van der Waals surface area contributed by atoms with Crippen molar-refractivity contribution in [3.05, 3.63) is 35.9 Å². The standard InChI is InChI=1S/C10H16N.Br2.BrH/c1-11(2,3)9-10-7-5-4-6-8-10;1-2;/h4-8H,9H2,1-3H3;;1H/q+1;;/p-1. The van der Waals surface area contributed by atoms with Gasteiger partial charge in [0.1, 0.15) is 6.54 Å². The highest BCUT2D eigenvalue weighted by Crippen LogP contribution is 2.05. The molecule has 0 aliphatic rings. The lowest BCUT2D eigenvalue weighted by molar-refractivity contribution is -0.884. The Labute approximate surface area is 113 Å². The molecule has 0 aliphatic carbocycles. The summed E-state index contributed by atoms with van der Waals surface area (Å²) in [7, 11) is 6.60. The molecule has 82 valence electrons. The van der Waals surface area contributed by atoms with Gasteiger partial charge in [-0.1, -0.05) is 30.3 Å². The molecule has 0 aromatic heterocycles. The second-order valence-corrected chi connectivity index (χ2v) is 3.93. The van der Waals surface area contributed by atoms with Crippen molar-refractivity contribution in [2.45, 2.75) is 6.54 Å². The molecular weight excluding hydrogens is 374 g/mol. The zero-order chi connectivity index (χ0) is 10.3. The van der Waals surface area contributed by atoms with E-state index in [1.165, 1.54) is 5.56 Å². The van der Waals surface area contributed by atoms with Gasteiger partial charge < -0.3 is 21.5 Å². The van der Waals surface area contributed by atoms with Crippen molar-refractivity contribution in [2.24, 2.45) is 0 Å². The average Bonchev–Trinajstić information content (AvgIpc) is 2.07. The molecule has 4 heteroatoms. The molecular formula is C10H16Br3N. The summed E-state index contributed by atoms with van der Waals surface area (Å²) in [6, 6.07) is 10.6. The Hall–Kier alpha value is 0.620. The van der Waals surface area contributed by atoms with E-state index in [4.69, 9.17) is 0 Å². The summed E-state index contributed by atoms with van der Waals surface area (Å²) in [4.78, 5) is 0. The topological polar surface area (TPSA) is 0 Å². The van der Waals surface area contributed by atoms with Crippen LogP contribution in [0.3, 0.4) is 0 Å². The highest BCUT2D eigenvalue weighted by atomic mass is 80.9. The predicted molar refractivity (Wildman–Crippen MR) is 66.0 cm³/mol. The monoisotopic (exact) mass is 387 g/mol. The van der Waals surface area contributed by atoms with Crippen LogP contribution in [0.4, 0.5) is 0 Å². The highest BCUT2D eigenvalue weighted by molar-refractivity contribution is 9.93. The lowest BCUT2D eigenvalue weighted by Gasteiger charge is -2.23. The van der Waals surface area contributed by atoms with Gasteiger partial charge in [-0.3, -0.25) is 0 Å². The Balaban J connectivity index is 0. The lowest BCUT2D eigenvalue weighted by atomic mass is 10.2. The van der Waals surface area contributed by atoms with E-state index in [1.54, 1.807) is 0 Å². The highest BCUT2D eigenvalue weighted by Gasteiger charge is 2.06. The fraction of sp³-hybridized carbons (Fsp3) is 0.400. The molecule has 0 spiro atoms. The third kappa shape index (κ3) is 9.19. The molecule has 1 aromatic rings. The van der Waals surface area contributed by atoms with E-state index in [1.807, 2.05) is 0 Å². The Morgan fingerprint density at radius 1 is 1.00 bits per heavy atom. The van der Waals surface area contributed by atoms with Gasteiger partial charge >= 0.3 is 0 Å². The van der Waals surface area contributed by atoms with Gasteiger partial charge in [0.15, 0.2) is 0 Å². The second kappa shape index (κ2) is 8.89. The van der Waals surface area contributed by atoms with Gasteiger partial charge in [0.2, 0.25) is 0 Å². The first kappa shape index (κ1) is 17.0. The van der Waals surface area contributed by atoms with Crippen LogP contribution in [0.25, 0.3) is 0 Å². The first-order valence-corrected chi connectivity index (χ1v) is 7.78. The van der Waals surface area contributed by atoms with Gasteiger partial charge in [0.05, 0.1) is 21.1 Å². The Kier molecular flexibility index (Phi) is 10.8. The maximum atomic E-state index is 2.75. The lowest BCUT2D eigenvalue weighted by Crippen LogP contribution is -3.00. The van der Waals surface area contributed by atoms with E-state index in [0.29, 0.717) is 0 Å². The normalized spacial score (nSPS) is 9.50. The molecule has 0 unspecified atom stereocenters. The molecule has 0 N–H and O–H groups in total. The number of nitrogens with zero attached hydrogens (tertiary/aromatic N) is 1. The van der Waals surface area contributed by atoms with Crippen LogP contribution in [0, 0.1) is 0 Å². The second-order valence-electron chi connectivity index (χ2n) is 3.93. The fourth-order valence-corrected chi connectivity index (χ4v) is 1.13. The molecule has 0 aliphatic heterocycles. The molecule has 0 bridgehead atoms. The van der Waals surface area contributed by atoms with Crippen LogP contribution in [0.2, 0.25) is 0 Å². The van der Waals surface area contributed by atoms with Crippen molar-refractivity contribution < 1.29 is 21.5 Å². The number of benzene rings is 1. The summed E-state index contributed by atoms with van der Waals surface area (Å²) in [6.45, 7) is 1.10. The minimum absolute atomic E-state index is 0. The van der Waals surface area contributed by atoms with Crippen LogP contribution in [-0.2, 0) is 6.54 Å². The smallest absolute Gasteiger partial charge is 0.104 e. The van der Waals surface area contributed by atoms with Crippen LogP contribution in [0.15, 0.2) is 30.3 Å². The van der Waals surface area contributed by atoms with E-state index in [2.05, 4.69) is 79.7 Å². The van der Waals surface area contributed by atoms with E-state index >= 15 is 0 Å². The summed E-state index contributed by atoms with van der Waals surface area (Å²) in [5.41, 5.74) is 1.40. The summed E-state index contributed by atoms with van der Waals surface area (Å²) in [6.07, 6.45) is 0. The summed E-state index contributed by atoms with van der Waals surface area (Å²) < 4.78 is 0.990. The van der Waals surface area contributed by atoms with Gasteiger partial charge in [-0.15, -0.1) is 0 Å². The van der Waals surface area contributed by atoms with Gasteiger partial charge in [-0.25, -0.2) is 0 Å². The van der Waals surface area contributed by atoms with Gasteiger partial charge in [0, 0.05) is 33.8 Å². The van der Waals surface area contributed by atoms with Crippen molar-refractivity contribution in [1.82, 2.24) is 0 Å². The molecule has 0 radical (unpaired) electrons. The number of rotatable bonds is 2. The zero-order valence-electron chi connectivity index (χ0n) is 8.67. The summed E-state index contributed by atoms with van der Waals surface area (Å²) >= 11 is 5.50. The SMILES string of the molecule is BrBr.C[N+](C)(C)Cc1ccccc1.[Br-]. The van der Waals surface area contributed by atoms with Crippen molar-refractivity contribution >= 4 is 28.3 Å².